The summed E-state index contributed by atoms with van der Waals surface area (Å²) in [6.07, 6.45) is 4.37. The highest BCUT2D eigenvalue weighted by Gasteiger charge is 2.23. The fraction of sp³-hybridized carbons (Fsp3) is 0.571. The molecule has 0 bridgehead atoms. The molecule has 1 aliphatic rings. The molecule has 3 heteroatoms. The van der Waals surface area contributed by atoms with Gasteiger partial charge in [-0.15, -0.1) is 11.8 Å². The molecule has 0 heterocycles. The summed E-state index contributed by atoms with van der Waals surface area (Å²) in [6, 6.07) is 8.45. The monoisotopic (exact) mass is 252 g/mol. The van der Waals surface area contributed by atoms with Crippen LogP contribution >= 0.6 is 11.8 Å². The summed E-state index contributed by atoms with van der Waals surface area (Å²) in [4.78, 5) is 1.25. The lowest BCUT2D eigenvalue weighted by Gasteiger charge is -2.26. The molecule has 1 aliphatic carbocycles. The molecule has 1 aromatic rings. The zero-order chi connectivity index (χ0) is 12.1. The molecule has 0 aliphatic heterocycles. The van der Waals surface area contributed by atoms with E-state index in [1.165, 1.54) is 23.3 Å². The van der Waals surface area contributed by atoms with Gasteiger partial charge in [0.2, 0.25) is 0 Å². The van der Waals surface area contributed by atoms with Crippen molar-refractivity contribution in [2.24, 2.45) is 0 Å². The zero-order valence-electron chi connectivity index (χ0n) is 10.3. The molecule has 2 atom stereocenters. The maximum Gasteiger partial charge on any atom is 0.0713 e. The maximum absolute atomic E-state index is 9.93. The normalized spacial score (nSPS) is 24.8. The van der Waals surface area contributed by atoms with Gasteiger partial charge in [0.15, 0.2) is 0 Å². The summed E-state index contributed by atoms with van der Waals surface area (Å²) in [5.74, 6) is 0. The molecule has 1 N–H and O–H groups in total. The maximum atomic E-state index is 9.93. The Hall–Kier alpha value is -0.510. The number of rotatable bonds is 4. The van der Waals surface area contributed by atoms with E-state index in [2.05, 4.69) is 24.3 Å². The standard InChI is InChI=1S/C14H20O2S/c1-16-10-11-6-8-12(9-7-11)17-14-5-3-2-4-13(14)15/h6-9,13-15H,2-5,10H2,1H3/t13-,14-/m0/s1. The van der Waals surface area contributed by atoms with Gasteiger partial charge in [0.05, 0.1) is 12.7 Å². The number of thioether (sulfide) groups is 1. The molecular weight excluding hydrogens is 232 g/mol. The second kappa shape index (κ2) is 6.43. The predicted molar refractivity (Wildman–Crippen MR) is 71.3 cm³/mol. The molecule has 94 valence electrons. The van der Waals surface area contributed by atoms with Gasteiger partial charge in [0.25, 0.3) is 0 Å². The Labute approximate surface area is 107 Å². The van der Waals surface area contributed by atoms with E-state index in [4.69, 9.17) is 4.74 Å². The van der Waals surface area contributed by atoms with Crippen molar-refractivity contribution >= 4 is 11.8 Å². The molecule has 0 amide bonds. The fourth-order valence-corrected chi connectivity index (χ4v) is 3.44. The van der Waals surface area contributed by atoms with Crippen LogP contribution in [0.25, 0.3) is 0 Å². The molecule has 0 aromatic heterocycles. The number of methoxy groups -OCH3 is 1. The summed E-state index contributed by atoms with van der Waals surface area (Å²) >= 11 is 1.81. The minimum atomic E-state index is -0.132. The van der Waals surface area contributed by atoms with Crippen molar-refractivity contribution < 1.29 is 9.84 Å². The molecular formula is C14H20O2S. The minimum absolute atomic E-state index is 0.132. The van der Waals surface area contributed by atoms with Crippen LogP contribution in [0.3, 0.4) is 0 Å². The van der Waals surface area contributed by atoms with E-state index in [1.807, 2.05) is 11.8 Å². The Morgan fingerprint density at radius 2 is 1.94 bits per heavy atom. The van der Waals surface area contributed by atoms with Gasteiger partial charge >= 0.3 is 0 Å². The van der Waals surface area contributed by atoms with E-state index >= 15 is 0 Å². The zero-order valence-corrected chi connectivity index (χ0v) is 11.1. The van der Waals surface area contributed by atoms with Crippen molar-refractivity contribution in [1.29, 1.82) is 0 Å². The average molecular weight is 252 g/mol. The van der Waals surface area contributed by atoms with Crippen LogP contribution < -0.4 is 0 Å². The van der Waals surface area contributed by atoms with E-state index in [1.54, 1.807) is 7.11 Å². The molecule has 1 fully saturated rings. The predicted octanol–water partition coefficient (Wildman–Crippen LogP) is 3.23. The summed E-state index contributed by atoms with van der Waals surface area (Å²) < 4.78 is 5.09. The van der Waals surface area contributed by atoms with Gasteiger partial charge in [-0.25, -0.2) is 0 Å². The fourth-order valence-electron chi connectivity index (χ4n) is 2.22. The van der Waals surface area contributed by atoms with Crippen molar-refractivity contribution in [3.05, 3.63) is 29.8 Å². The van der Waals surface area contributed by atoms with Crippen LogP contribution in [-0.4, -0.2) is 23.6 Å². The third-order valence-electron chi connectivity index (χ3n) is 3.19. The van der Waals surface area contributed by atoms with Crippen LogP contribution in [0, 0.1) is 0 Å². The van der Waals surface area contributed by atoms with E-state index in [0.717, 1.165) is 12.8 Å². The highest BCUT2D eigenvalue weighted by molar-refractivity contribution is 8.00. The third kappa shape index (κ3) is 3.73. The molecule has 1 aromatic carbocycles. The smallest absolute Gasteiger partial charge is 0.0713 e. The van der Waals surface area contributed by atoms with Crippen molar-refractivity contribution in [3.63, 3.8) is 0 Å². The number of hydrogen-bond donors (Lipinski definition) is 1. The van der Waals surface area contributed by atoms with Crippen LogP contribution in [0.2, 0.25) is 0 Å². The molecule has 2 nitrogen and oxygen atoms in total. The minimum Gasteiger partial charge on any atom is -0.392 e. The lowest BCUT2D eigenvalue weighted by atomic mass is 9.97. The van der Waals surface area contributed by atoms with Crippen molar-refractivity contribution in [2.75, 3.05) is 7.11 Å². The van der Waals surface area contributed by atoms with Crippen LogP contribution in [0.1, 0.15) is 31.2 Å². The van der Waals surface area contributed by atoms with Crippen LogP contribution in [0.5, 0.6) is 0 Å². The quantitative estimate of drug-likeness (QED) is 0.892. The van der Waals surface area contributed by atoms with Gasteiger partial charge in [0.1, 0.15) is 0 Å². The SMILES string of the molecule is COCc1ccc(S[C@H]2CCCC[C@@H]2O)cc1. The third-order valence-corrected chi connectivity index (χ3v) is 4.59. The van der Waals surface area contributed by atoms with Crippen LogP contribution in [-0.2, 0) is 11.3 Å². The first-order chi connectivity index (χ1) is 8.29. The topological polar surface area (TPSA) is 29.5 Å². The van der Waals surface area contributed by atoms with E-state index in [9.17, 15) is 5.11 Å². The Morgan fingerprint density at radius 1 is 1.24 bits per heavy atom. The highest BCUT2D eigenvalue weighted by Crippen LogP contribution is 2.33. The highest BCUT2D eigenvalue weighted by atomic mass is 32.2. The molecule has 0 spiro atoms. The molecule has 0 radical (unpaired) electrons. The Morgan fingerprint density at radius 3 is 2.59 bits per heavy atom. The van der Waals surface area contributed by atoms with Crippen molar-refractivity contribution in [3.8, 4) is 0 Å². The first-order valence-electron chi connectivity index (χ1n) is 6.22. The van der Waals surface area contributed by atoms with Crippen LogP contribution in [0.15, 0.2) is 29.2 Å². The van der Waals surface area contributed by atoms with E-state index < -0.39 is 0 Å². The molecule has 17 heavy (non-hydrogen) atoms. The molecule has 0 saturated heterocycles. The Bertz CT molecular complexity index is 337. The summed E-state index contributed by atoms with van der Waals surface area (Å²) in [5, 5.41) is 10.3. The lowest BCUT2D eigenvalue weighted by molar-refractivity contribution is 0.137. The first-order valence-corrected chi connectivity index (χ1v) is 7.10. The lowest BCUT2D eigenvalue weighted by Crippen LogP contribution is -2.26. The van der Waals surface area contributed by atoms with Gasteiger partial charge in [-0.1, -0.05) is 25.0 Å². The Balaban J connectivity index is 1.93. The Kier molecular flexibility index (Phi) is 4.89. The first kappa shape index (κ1) is 12.9. The summed E-state index contributed by atoms with van der Waals surface area (Å²) in [5.41, 5.74) is 1.20. The van der Waals surface area contributed by atoms with Crippen LogP contribution in [0.4, 0.5) is 0 Å². The number of aliphatic hydroxyl groups excluding tert-OH is 1. The second-order valence-electron chi connectivity index (χ2n) is 4.59. The molecule has 1 saturated carbocycles. The molecule has 2 rings (SSSR count). The van der Waals surface area contributed by atoms with Gasteiger partial charge in [-0.2, -0.15) is 0 Å². The van der Waals surface area contributed by atoms with Crippen molar-refractivity contribution in [1.82, 2.24) is 0 Å². The summed E-state index contributed by atoms with van der Waals surface area (Å²) in [7, 11) is 1.71. The van der Waals surface area contributed by atoms with Gasteiger partial charge in [-0.05, 0) is 30.5 Å². The number of hydrogen-bond acceptors (Lipinski definition) is 3. The van der Waals surface area contributed by atoms with Gasteiger partial charge in [-0.3, -0.25) is 0 Å². The molecule has 0 unspecified atom stereocenters. The van der Waals surface area contributed by atoms with E-state index in [0.29, 0.717) is 11.9 Å². The number of ether oxygens (including phenoxy) is 1. The van der Waals surface area contributed by atoms with Gasteiger partial charge in [0, 0.05) is 17.3 Å². The van der Waals surface area contributed by atoms with E-state index in [-0.39, 0.29) is 6.10 Å². The largest absolute Gasteiger partial charge is 0.392 e. The summed E-state index contributed by atoms with van der Waals surface area (Å²) in [6.45, 7) is 0.664. The van der Waals surface area contributed by atoms with Crippen molar-refractivity contribution in [2.45, 2.75) is 48.5 Å². The number of benzene rings is 1. The van der Waals surface area contributed by atoms with Gasteiger partial charge < -0.3 is 9.84 Å². The second-order valence-corrected chi connectivity index (χ2v) is 5.90. The number of aliphatic hydroxyl groups is 1. The average Bonchev–Trinajstić information content (AvgIpc) is 2.35.